The Kier molecular flexibility index (Phi) is 3.84. The molecule has 1 unspecified atom stereocenters. The molecule has 4 nitrogen and oxygen atoms in total. The molecule has 0 fully saturated rings. The molecule has 1 atom stereocenters. The fraction of sp³-hybridized carbons (Fsp3) is 0.364. The van der Waals surface area contributed by atoms with Gasteiger partial charge in [-0.05, 0) is 18.6 Å². The molecule has 1 rings (SSSR count). The Hall–Kier alpha value is -1.62. The molecule has 0 saturated carbocycles. The fourth-order valence-corrected chi connectivity index (χ4v) is 1.50. The number of carboxylic acid groups (broad SMARTS) is 1. The second kappa shape index (κ2) is 4.94. The highest BCUT2D eigenvalue weighted by Crippen LogP contribution is 2.30. The minimum atomic E-state index is -1.07. The quantitative estimate of drug-likeness (QED) is 0.819. The van der Waals surface area contributed by atoms with Crippen LogP contribution in [0.3, 0.4) is 0 Å². The second-order valence-corrected chi connectivity index (χ2v) is 3.52. The molecule has 1 aromatic carbocycles. The minimum Gasteiger partial charge on any atom is -0.496 e. The van der Waals surface area contributed by atoms with Gasteiger partial charge in [0.1, 0.15) is 11.6 Å². The van der Waals surface area contributed by atoms with E-state index in [1.54, 1.807) is 19.1 Å². The number of rotatable bonds is 4. The highest BCUT2D eigenvalue weighted by molar-refractivity contribution is 5.68. The summed E-state index contributed by atoms with van der Waals surface area (Å²) in [6.45, 7) is 1.59. The Balaban J connectivity index is 3.18. The van der Waals surface area contributed by atoms with Crippen molar-refractivity contribution in [2.24, 2.45) is 5.73 Å². The molecule has 0 aliphatic carbocycles. The molecule has 0 radical (unpaired) electrons. The summed E-state index contributed by atoms with van der Waals surface area (Å²) in [6, 6.07) is 2.23. The van der Waals surface area contributed by atoms with Gasteiger partial charge in [0.05, 0.1) is 13.5 Å². The number of halogens is 1. The van der Waals surface area contributed by atoms with Gasteiger partial charge in [0, 0.05) is 11.6 Å². The number of ether oxygens (including phenoxy) is 1. The van der Waals surface area contributed by atoms with Crippen LogP contribution in [0.5, 0.6) is 5.75 Å². The van der Waals surface area contributed by atoms with E-state index >= 15 is 0 Å². The van der Waals surface area contributed by atoms with Gasteiger partial charge in [-0.15, -0.1) is 0 Å². The van der Waals surface area contributed by atoms with Crippen molar-refractivity contribution in [3.8, 4) is 5.75 Å². The van der Waals surface area contributed by atoms with Gasteiger partial charge in [-0.3, -0.25) is 4.79 Å². The van der Waals surface area contributed by atoms with Gasteiger partial charge in [0.15, 0.2) is 0 Å². The molecule has 0 spiro atoms. The van der Waals surface area contributed by atoms with Crippen LogP contribution in [0.2, 0.25) is 0 Å². The number of hydrogen-bond donors (Lipinski definition) is 2. The third-order valence-electron chi connectivity index (χ3n) is 2.32. The number of hydrogen-bond acceptors (Lipinski definition) is 3. The predicted octanol–water partition coefficient (Wildman–Crippen LogP) is 1.62. The zero-order chi connectivity index (χ0) is 12.3. The molecule has 0 heterocycles. The summed E-state index contributed by atoms with van der Waals surface area (Å²) >= 11 is 0. The Morgan fingerprint density at radius 3 is 2.75 bits per heavy atom. The van der Waals surface area contributed by atoms with E-state index in [2.05, 4.69) is 0 Å². The first-order valence-corrected chi connectivity index (χ1v) is 4.77. The smallest absolute Gasteiger partial charge is 0.305 e. The average Bonchev–Trinajstić information content (AvgIpc) is 2.20. The minimum absolute atomic E-state index is 0.116. The van der Waals surface area contributed by atoms with Crippen molar-refractivity contribution in [2.45, 2.75) is 19.4 Å². The molecular formula is C11H14FNO3. The lowest BCUT2D eigenvalue weighted by Crippen LogP contribution is -2.18. The molecule has 88 valence electrons. The van der Waals surface area contributed by atoms with Crippen molar-refractivity contribution in [3.05, 3.63) is 29.1 Å². The number of aryl methyl sites for hydroxylation is 1. The van der Waals surface area contributed by atoms with Crippen molar-refractivity contribution in [3.63, 3.8) is 0 Å². The molecule has 0 amide bonds. The summed E-state index contributed by atoms with van der Waals surface area (Å²) in [4.78, 5) is 10.5. The monoisotopic (exact) mass is 227 g/mol. The summed E-state index contributed by atoms with van der Waals surface area (Å²) in [7, 11) is 1.39. The van der Waals surface area contributed by atoms with Crippen molar-refractivity contribution in [1.82, 2.24) is 0 Å². The summed E-state index contributed by atoms with van der Waals surface area (Å²) < 4.78 is 18.8. The third-order valence-corrected chi connectivity index (χ3v) is 2.32. The normalized spacial score (nSPS) is 12.2. The van der Waals surface area contributed by atoms with Gasteiger partial charge in [0.25, 0.3) is 0 Å². The number of carboxylic acids is 1. The fourth-order valence-electron chi connectivity index (χ4n) is 1.50. The van der Waals surface area contributed by atoms with Gasteiger partial charge in [-0.2, -0.15) is 0 Å². The summed E-state index contributed by atoms with van der Waals surface area (Å²) in [5, 5.41) is 8.63. The van der Waals surface area contributed by atoms with Gasteiger partial charge in [-0.1, -0.05) is 6.07 Å². The van der Waals surface area contributed by atoms with E-state index in [4.69, 9.17) is 15.6 Å². The zero-order valence-corrected chi connectivity index (χ0v) is 9.16. The molecule has 0 saturated heterocycles. The summed E-state index contributed by atoms with van der Waals surface area (Å²) in [5.74, 6) is -1.31. The number of aliphatic carboxylic acids is 1. The number of carbonyl (C=O) groups is 1. The van der Waals surface area contributed by atoms with Crippen LogP contribution in [-0.4, -0.2) is 18.2 Å². The highest BCUT2D eigenvalue weighted by atomic mass is 19.1. The summed E-state index contributed by atoms with van der Waals surface area (Å²) in [6.07, 6.45) is -0.337. The molecule has 0 aliphatic heterocycles. The topological polar surface area (TPSA) is 72.5 Å². The Labute approximate surface area is 92.8 Å². The van der Waals surface area contributed by atoms with Gasteiger partial charge in [-0.25, -0.2) is 4.39 Å². The molecule has 0 aromatic heterocycles. The van der Waals surface area contributed by atoms with Crippen LogP contribution >= 0.6 is 0 Å². The SMILES string of the molecule is COc1ccc(C)c(F)c1C(N)CC(=O)O. The summed E-state index contributed by atoms with van der Waals surface area (Å²) in [5.41, 5.74) is 6.17. The molecule has 0 aliphatic rings. The second-order valence-electron chi connectivity index (χ2n) is 3.52. The Bertz CT molecular complexity index is 406. The Morgan fingerprint density at radius 1 is 1.62 bits per heavy atom. The van der Waals surface area contributed by atoms with E-state index in [0.29, 0.717) is 5.56 Å². The number of nitrogens with two attached hydrogens (primary N) is 1. The van der Waals surface area contributed by atoms with Crippen LogP contribution in [0.4, 0.5) is 4.39 Å². The van der Waals surface area contributed by atoms with Gasteiger partial charge < -0.3 is 15.6 Å². The number of methoxy groups -OCH3 is 1. The first kappa shape index (κ1) is 12.4. The molecule has 0 bridgehead atoms. The van der Waals surface area contributed by atoms with Crippen LogP contribution in [0.15, 0.2) is 12.1 Å². The van der Waals surface area contributed by atoms with Crippen LogP contribution in [0, 0.1) is 12.7 Å². The van der Waals surface area contributed by atoms with Crippen molar-refractivity contribution in [1.29, 1.82) is 0 Å². The van der Waals surface area contributed by atoms with Crippen LogP contribution in [0.25, 0.3) is 0 Å². The predicted molar refractivity (Wildman–Crippen MR) is 56.9 cm³/mol. The van der Waals surface area contributed by atoms with Crippen molar-refractivity contribution < 1.29 is 19.0 Å². The highest BCUT2D eigenvalue weighted by Gasteiger charge is 2.20. The van der Waals surface area contributed by atoms with Crippen molar-refractivity contribution >= 4 is 5.97 Å². The zero-order valence-electron chi connectivity index (χ0n) is 9.16. The first-order chi connectivity index (χ1) is 7.47. The first-order valence-electron chi connectivity index (χ1n) is 4.77. The van der Waals surface area contributed by atoms with E-state index in [1.165, 1.54) is 7.11 Å². The van der Waals surface area contributed by atoms with Gasteiger partial charge >= 0.3 is 5.97 Å². The standard InChI is InChI=1S/C11H14FNO3/c1-6-3-4-8(16-2)10(11(6)12)7(13)5-9(14)15/h3-4,7H,5,13H2,1-2H3,(H,14,15). The maximum Gasteiger partial charge on any atom is 0.305 e. The third kappa shape index (κ3) is 2.49. The van der Waals surface area contributed by atoms with E-state index < -0.39 is 17.8 Å². The Morgan fingerprint density at radius 2 is 2.25 bits per heavy atom. The van der Waals surface area contributed by atoms with E-state index in [0.717, 1.165) is 0 Å². The van der Waals surface area contributed by atoms with Crippen LogP contribution in [0.1, 0.15) is 23.6 Å². The molecule has 5 heteroatoms. The number of benzene rings is 1. The lowest BCUT2D eigenvalue weighted by molar-refractivity contribution is -0.137. The maximum atomic E-state index is 13.8. The van der Waals surface area contributed by atoms with E-state index in [9.17, 15) is 9.18 Å². The average molecular weight is 227 g/mol. The molecule has 1 aromatic rings. The van der Waals surface area contributed by atoms with Gasteiger partial charge in [0.2, 0.25) is 0 Å². The van der Waals surface area contributed by atoms with Crippen molar-refractivity contribution in [2.75, 3.05) is 7.11 Å². The lowest BCUT2D eigenvalue weighted by Gasteiger charge is -2.16. The maximum absolute atomic E-state index is 13.8. The van der Waals surface area contributed by atoms with E-state index in [1.807, 2.05) is 0 Å². The molecule has 3 N–H and O–H groups in total. The largest absolute Gasteiger partial charge is 0.496 e. The van der Waals surface area contributed by atoms with Crippen LogP contribution in [-0.2, 0) is 4.79 Å². The molecular weight excluding hydrogens is 213 g/mol. The molecule has 16 heavy (non-hydrogen) atoms. The van der Waals surface area contributed by atoms with E-state index in [-0.39, 0.29) is 17.7 Å². The van der Waals surface area contributed by atoms with Crippen LogP contribution < -0.4 is 10.5 Å². The lowest BCUT2D eigenvalue weighted by atomic mass is 10.0.